The number of methoxy groups -OCH3 is 1. The third-order valence-electron chi connectivity index (χ3n) is 2.75. The minimum absolute atomic E-state index is 0.160. The van der Waals surface area contributed by atoms with Gasteiger partial charge in [0.05, 0.1) is 12.1 Å². The lowest BCUT2D eigenvalue weighted by Crippen LogP contribution is -2.41. The normalized spacial score (nSPS) is 14.2. The number of rotatable bonds is 7. The van der Waals surface area contributed by atoms with Crippen LogP contribution in [0.2, 0.25) is 0 Å². The van der Waals surface area contributed by atoms with Gasteiger partial charge in [0.25, 0.3) is 0 Å². The molecule has 0 bridgehead atoms. The summed E-state index contributed by atoms with van der Waals surface area (Å²) in [6.07, 6.45) is 1.39. The Morgan fingerprint density at radius 2 is 2.28 bits per heavy atom. The number of carbonyl (C=O) groups excluding carboxylic acids is 1. The van der Waals surface area contributed by atoms with Crippen molar-refractivity contribution in [3.63, 3.8) is 0 Å². The lowest BCUT2D eigenvalue weighted by molar-refractivity contribution is -0.123. The number of hydrogen-bond donors (Lipinski definition) is 2. The second-order valence-electron chi connectivity index (χ2n) is 4.42. The van der Waals surface area contributed by atoms with Gasteiger partial charge in [-0.25, -0.2) is 0 Å². The van der Waals surface area contributed by atoms with Crippen LogP contribution in [0.1, 0.15) is 37.3 Å². The molecule has 0 saturated heterocycles. The molecule has 0 saturated carbocycles. The predicted molar refractivity (Wildman–Crippen MR) is 69.1 cm³/mol. The Hall–Kier alpha value is -1.33. The topological polar surface area (TPSA) is 77.5 Å². The summed E-state index contributed by atoms with van der Waals surface area (Å²) < 4.78 is 10.4. The number of nitrogens with one attached hydrogen (secondary N) is 1. The Labute approximate surface area is 108 Å². The van der Waals surface area contributed by atoms with Crippen molar-refractivity contribution in [1.29, 1.82) is 0 Å². The number of nitrogens with two attached hydrogens (primary N) is 1. The molecule has 18 heavy (non-hydrogen) atoms. The maximum Gasteiger partial charge on any atom is 0.237 e. The van der Waals surface area contributed by atoms with Crippen LogP contribution in [0.4, 0.5) is 0 Å². The van der Waals surface area contributed by atoms with E-state index in [0.717, 1.165) is 17.9 Å². The molecular weight excluding hydrogens is 232 g/mol. The first-order chi connectivity index (χ1) is 8.54. The first-order valence-electron chi connectivity index (χ1n) is 6.15. The minimum atomic E-state index is -0.501. The highest BCUT2D eigenvalue weighted by molar-refractivity contribution is 5.81. The third kappa shape index (κ3) is 4.50. The van der Waals surface area contributed by atoms with E-state index >= 15 is 0 Å². The summed E-state index contributed by atoms with van der Waals surface area (Å²) in [6, 6.07) is 3.06. The SMILES string of the molecule is COCCCC(N)C(=O)NC(C)c1ccc(C)o1. The van der Waals surface area contributed by atoms with Crippen LogP contribution >= 0.6 is 0 Å². The Kier molecular flexibility index (Phi) is 5.88. The van der Waals surface area contributed by atoms with Crippen LogP contribution in [0, 0.1) is 6.92 Å². The van der Waals surface area contributed by atoms with E-state index in [9.17, 15) is 4.79 Å². The van der Waals surface area contributed by atoms with Crippen LogP contribution < -0.4 is 11.1 Å². The molecule has 5 nitrogen and oxygen atoms in total. The molecular formula is C13H22N2O3. The van der Waals surface area contributed by atoms with Crippen molar-refractivity contribution in [1.82, 2.24) is 5.32 Å². The highest BCUT2D eigenvalue weighted by Gasteiger charge is 2.17. The van der Waals surface area contributed by atoms with Crippen molar-refractivity contribution in [3.8, 4) is 0 Å². The molecule has 0 fully saturated rings. The standard InChI is InChI=1S/C13H22N2O3/c1-9-6-7-12(18-9)10(2)15-13(16)11(14)5-4-8-17-3/h6-7,10-11H,4-5,8,14H2,1-3H3,(H,15,16). The number of aryl methyl sites for hydroxylation is 1. The lowest BCUT2D eigenvalue weighted by Gasteiger charge is -2.16. The van der Waals surface area contributed by atoms with Crippen molar-refractivity contribution in [2.45, 2.75) is 38.8 Å². The van der Waals surface area contributed by atoms with E-state index in [1.54, 1.807) is 7.11 Å². The molecule has 102 valence electrons. The van der Waals surface area contributed by atoms with Gasteiger partial charge in [-0.15, -0.1) is 0 Å². The molecule has 3 N–H and O–H groups in total. The van der Waals surface area contributed by atoms with E-state index in [-0.39, 0.29) is 11.9 Å². The highest BCUT2D eigenvalue weighted by Crippen LogP contribution is 2.15. The second-order valence-corrected chi connectivity index (χ2v) is 4.42. The van der Waals surface area contributed by atoms with E-state index in [1.807, 2.05) is 26.0 Å². The van der Waals surface area contributed by atoms with Gasteiger partial charge in [-0.3, -0.25) is 4.79 Å². The molecule has 5 heteroatoms. The van der Waals surface area contributed by atoms with Gasteiger partial charge in [0.15, 0.2) is 0 Å². The first-order valence-corrected chi connectivity index (χ1v) is 6.15. The van der Waals surface area contributed by atoms with Crippen molar-refractivity contribution >= 4 is 5.91 Å². The number of furan rings is 1. The molecule has 0 aromatic carbocycles. The van der Waals surface area contributed by atoms with Gasteiger partial charge in [-0.05, 0) is 38.8 Å². The second kappa shape index (κ2) is 7.18. The fourth-order valence-electron chi connectivity index (χ4n) is 1.66. The summed E-state index contributed by atoms with van der Waals surface area (Å²) in [5.74, 6) is 1.41. The van der Waals surface area contributed by atoms with Crippen LogP contribution in [-0.2, 0) is 9.53 Å². The van der Waals surface area contributed by atoms with Crippen molar-refractivity contribution in [2.24, 2.45) is 5.73 Å². The van der Waals surface area contributed by atoms with Crippen LogP contribution in [0.25, 0.3) is 0 Å². The zero-order valence-electron chi connectivity index (χ0n) is 11.2. The van der Waals surface area contributed by atoms with Gasteiger partial charge in [0, 0.05) is 13.7 Å². The maximum absolute atomic E-state index is 11.8. The van der Waals surface area contributed by atoms with E-state index in [2.05, 4.69) is 5.32 Å². The van der Waals surface area contributed by atoms with Gasteiger partial charge in [-0.2, -0.15) is 0 Å². The third-order valence-corrected chi connectivity index (χ3v) is 2.75. The monoisotopic (exact) mass is 254 g/mol. The van der Waals surface area contributed by atoms with Crippen LogP contribution in [0.3, 0.4) is 0 Å². The van der Waals surface area contributed by atoms with E-state index in [0.29, 0.717) is 13.0 Å². The molecule has 0 spiro atoms. The van der Waals surface area contributed by atoms with Crippen molar-refractivity contribution < 1.29 is 13.9 Å². The van der Waals surface area contributed by atoms with E-state index in [4.69, 9.17) is 14.9 Å². The van der Waals surface area contributed by atoms with Gasteiger partial charge in [-0.1, -0.05) is 0 Å². The number of carbonyl (C=O) groups is 1. The average molecular weight is 254 g/mol. The fraction of sp³-hybridized carbons (Fsp3) is 0.615. The largest absolute Gasteiger partial charge is 0.464 e. The summed E-state index contributed by atoms with van der Waals surface area (Å²) in [7, 11) is 1.63. The Morgan fingerprint density at radius 3 is 2.83 bits per heavy atom. The molecule has 1 aromatic rings. The highest BCUT2D eigenvalue weighted by atomic mass is 16.5. The number of amides is 1. The molecule has 0 aliphatic carbocycles. The lowest BCUT2D eigenvalue weighted by atomic mass is 10.1. The molecule has 1 rings (SSSR count). The van der Waals surface area contributed by atoms with E-state index in [1.165, 1.54) is 0 Å². The molecule has 1 aromatic heterocycles. The van der Waals surface area contributed by atoms with Crippen LogP contribution in [-0.4, -0.2) is 25.7 Å². The van der Waals surface area contributed by atoms with Crippen molar-refractivity contribution in [2.75, 3.05) is 13.7 Å². The predicted octanol–water partition coefficient (Wildman–Crippen LogP) is 1.52. The summed E-state index contributed by atoms with van der Waals surface area (Å²) >= 11 is 0. The summed E-state index contributed by atoms with van der Waals surface area (Å²) in [6.45, 7) is 4.36. The molecule has 1 amide bonds. The smallest absolute Gasteiger partial charge is 0.237 e. The molecule has 2 atom stereocenters. The Balaban J connectivity index is 2.39. The molecule has 0 aliphatic rings. The number of hydrogen-bond acceptors (Lipinski definition) is 4. The van der Waals surface area contributed by atoms with Crippen molar-refractivity contribution in [3.05, 3.63) is 23.7 Å². The average Bonchev–Trinajstić information content (AvgIpc) is 2.76. The van der Waals surface area contributed by atoms with E-state index < -0.39 is 6.04 Å². The Bertz CT molecular complexity index is 376. The summed E-state index contributed by atoms with van der Waals surface area (Å²) in [5, 5.41) is 2.84. The van der Waals surface area contributed by atoms with Crippen LogP contribution in [0.15, 0.2) is 16.5 Å². The number of ether oxygens (including phenoxy) is 1. The first kappa shape index (κ1) is 14.7. The summed E-state index contributed by atoms with van der Waals surface area (Å²) in [5.41, 5.74) is 5.79. The summed E-state index contributed by atoms with van der Waals surface area (Å²) in [4.78, 5) is 11.8. The van der Waals surface area contributed by atoms with Gasteiger partial charge in [0.1, 0.15) is 11.5 Å². The molecule has 1 heterocycles. The molecule has 0 radical (unpaired) electrons. The zero-order chi connectivity index (χ0) is 13.5. The van der Waals surface area contributed by atoms with Gasteiger partial charge < -0.3 is 20.2 Å². The van der Waals surface area contributed by atoms with Gasteiger partial charge >= 0.3 is 0 Å². The molecule has 0 aliphatic heterocycles. The zero-order valence-corrected chi connectivity index (χ0v) is 11.2. The molecule has 2 unspecified atom stereocenters. The maximum atomic E-state index is 11.8. The fourth-order valence-corrected chi connectivity index (χ4v) is 1.66. The quantitative estimate of drug-likeness (QED) is 0.723. The Morgan fingerprint density at radius 1 is 1.56 bits per heavy atom. The minimum Gasteiger partial charge on any atom is -0.464 e. The van der Waals surface area contributed by atoms with Crippen LogP contribution in [0.5, 0.6) is 0 Å². The van der Waals surface area contributed by atoms with Gasteiger partial charge in [0.2, 0.25) is 5.91 Å².